The lowest BCUT2D eigenvalue weighted by atomic mass is 10.0. The van der Waals surface area contributed by atoms with E-state index in [4.69, 9.17) is 4.74 Å². The molecule has 0 aromatic carbocycles. The highest BCUT2D eigenvalue weighted by Crippen LogP contribution is 2.17. The average molecular weight is 198 g/mol. The number of carbonyl (C=O) groups is 1. The fourth-order valence-corrected chi connectivity index (χ4v) is 1.06. The van der Waals surface area contributed by atoms with E-state index in [0.717, 1.165) is 6.42 Å². The monoisotopic (exact) mass is 198 g/mol. The van der Waals surface area contributed by atoms with E-state index >= 15 is 0 Å². The van der Waals surface area contributed by atoms with Crippen molar-refractivity contribution in [2.24, 2.45) is 5.92 Å². The third-order valence-corrected chi connectivity index (χ3v) is 2.69. The Kier molecular flexibility index (Phi) is 5.70. The normalized spacial score (nSPS) is 17.1. The third-order valence-electron chi connectivity index (χ3n) is 2.69. The Labute approximate surface area is 87.3 Å². The van der Waals surface area contributed by atoms with Gasteiger partial charge in [0, 0.05) is 12.3 Å². The summed E-state index contributed by atoms with van der Waals surface area (Å²) in [6.07, 6.45) is 3.27. The number of hydrogen-bond acceptors (Lipinski definition) is 2. The van der Waals surface area contributed by atoms with Gasteiger partial charge >= 0.3 is 0 Å². The van der Waals surface area contributed by atoms with Crippen LogP contribution in [0, 0.1) is 5.92 Å². The Morgan fingerprint density at radius 1 is 1.57 bits per heavy atom. The Bertz CT molecular complexity index is 198. The Morgan fingerprint density at radius 3 is 2.50 bits per heavy atom. The van der Waals surface area contributed by atoms with E-state index in [-0.39, 0.29) is 17.3 Å². The van der Waals surface area contributed by atoms with Gasteiger partial charge in [-0.25, -0.2) is 0 Å². The zero-order chi connectivity index (χ0) is 11.2. The smallest absolute Gasteiger partial charge is 0.137 e. The summed E-state index contributed by atoms with van der Waals surface area (Å²) in [6.45, 7) is 12.1. The zero-order valence-corrected chi connectivity index (χ0v) is 9.80. The highest BCUT2D eigenvalue weighted by atomic mass is 16.5. The van der Waals surface area contributed by atoms with Crippen LogP contribution in [0.1, 0.15) is 40.5 Å². The van der Waals surface area contributed by atoms with Crippen molar-refractivity contribution in [3.8, 4) is 0 Å². The van der Waals surface area contributed by atoms with E-state index in [9.17, 15) is 4.79 Å². The Morgan fingerprint density at radius 2 is 2.14 bits per heavy atom. The van der Waals surface area contributed by atoms with Crippen molar-refractivity contribution in [1.82, 2.24) is 0 Å². The van der Waals surface area contributed by atoms with Crippen LogP contribution in [0.3, 0.4) is 0 Å². The molecule has 2 heteroatoms. The largest absolute Gasteiger partial charge is 0.371 e. The van der Waals surface area contributed by atoms with Crippen LogP contribution in [-0.4, -0.2) is 18.0 Å². The minimum absolute atomic E-state index is 0.00850. The van der Waals surface area contributed by atoms with Crippen LogP contribution in [-0.2, 0) is 9.53 Å². The standard InChI is InChI=1S/C12H22O2/c1-6-11(13)10(4)9-14-12(5,7-2)8-3/h7,10H,2,6,8-9H2,1,3-5H3. The molecule has 82 valence electrons. The molecule has 0 aliphatic carbocycles. The summed E-state index contributed by atoms with van der Waals surface area (Å²) < 4.78 is 5.67. The minimum atomic E-state index is -0.289. The van der Waals surface area contributed by atoms with Gasteiger partial charge in [-0.05, 0) is 13.3 Å². The highest BCUT2D eigenvalue weighted by molar-refractivity contribution is 5.80. The van der Waals surface area contributed by atoms with Gasteiger partial charge in [0.25, 0.3) is 0 Å². The maximum absolute atomic E-state index is 11.3. The quantitative estimate of drug-likeness (QED) is 0.588. The second-order valence-corrected chi connectivity index (χ2v) is 3.90. The maximum Gasteiger partial charge on any atom is 0.137 e. The molecule has 2 unspecified atom stereocenters. The van der Waals surface area contributed by atoms with E-state index in [2.05, 4.69) is 6.58 Å². The molecule has 0 amide bonds. The van der Waals surface area contributed by atoms with Crippen LogP contribution >= 0.6 is 0 Å². The Balaban J connectivity index is 4.03. The van der Waals surface area contributed by atoms with Gasteiger partial charge in [0.2, 0.25) is 0 Å². The SMILES string of the molecule is C=CC(C)(CC)OCC(C)C(=O)CC. The summed E-state index contributed by atoms with van der Waals surface area (Å²) in [4.78, 5) is 11.3. The molecule has 14 heavy (non-hydrogen) atoms. The number of ketones is 1. The van der Waals surface area contributed by atoms with Crippen LogP contribution in [0.5, 0.6) is 0 Å². The molecule has 0 fully saturated rings. The fraction of sp³-hybridized carbons (Fsp3) is 0.750. The third kappa shape index (κ3) is 4.05. The lowest BCUT2D eigenvalue weighted by molar-refractivity contribution is -0.125. The van der Waals surface area contributed by atoms with E-state index in [1.54, 1.807) is 6.08 Å². The van der Waals surface area contributed by atoms with Crippen molar-refractivity contribution in [1.29, 1.82) is 0 Å². The van der Waals surface area contributed by atoms with Crippen LogP contribution in [0.2, 0.25) is 0 Å². The molecule has 0 aliphatic rings. The van der Waals surface area contributed by atoms with Gasteiger partial charge in [-0.1, -0.05) is 26.8 Å². The molecule has 0 bridgehead atoms. The van der Waals surface area contributed by atoms with E-state index in [0.29, 0.717) is 13.0 Å². The molecule has 0 radical (unpaired) electrons. The summed E-state index contributed by atoms with van der Waals surface area (Å²) >= 11 is 0. The molecule has 0 aromatic rings. The molecule has 0 rings (SSSR count). The van der Waals surface area contributed by atoms with Crippen molar-refractivity contribution in [2.75, 3.05) is 6.61 Å². The van der Waals surface area contributed by atoms with Crippen molar-refractivity contribution in [3.05, 3.63) is 12.7 Å². The van der Waals surface area contributed by atoms with Gasteiger partial charge in [-0.3, -0.25) is 4.79 Å². The topological polar surface area (TPSA) is 26.3 Å². The predicted octanol–water partition coefficient (Wildman–Crippen LogP) is 2.97. The summed E-state index contributed by atoms with van der Waals surface area (Å²) in [7, 11) is 0. The molecule has 0 saturated heterocycles. The molecule has 0 N–H and O–H groups in total. The molecule has 0 saturated carbocycles. The fourth-order valence-electron chi connectivity index (χ4n) is 1.06. The molecular weight excluding hydrogens is 176 g/mol. The maximum atomic E-state index is 11.3. The summed E-state index contributed by atoms with van der Waals surface area (Å²) in [6, 6.07) is 0. The molecule has 2 atom stereocenters. The number of ether oxygens (including phenoxy) is 1. The first-order chi connectivity index (χ1) is 6.49. The van der Waals surface area contributed by atoms with Crippen LogP contribution in [0.15, 0.2) is 12.7 Å². The summed E-state index contributed by atoms with van der Waals surface area (Å²) in [5.74, 6) is 0.248. The Hall–Kier alpha value is -0.630. The second-order valence-electron chi connectivity index (χ2n) is 3.90. The average Bonchev–Trinajstić information content (AvgIpc) is 2.24. The van der Waals surface area contributed by atoms with Gasteiger partial charge in [-0.2, -0.15) is 0 Å². The molecule has 0 aromatic heterocycles. The van der Waals surface area contributed by atoms with Crippen molar-refractivity contribution in [3.63, 3.8) is 0 Å². The number of hydrogen-bond donors (Lipinski definition) is 0. The van der Waals surface area contributed by atoms with E-state index in [1.165, 1.54) is 0 Å². The summed E-state index contributed by atoms with van der Waals surface area (Å²) in [5.41, 5.74) is -0.289. The number of Topliss-reactive ketones (excluding diaryl/α,β-unsaturated/α-hetero) is 1. The minimum Gasteiger partial charge on any atom is -0.371 e. The van der Waals surface area contributed by atoms with E-state index in [1.807, 2.05) is 27.7 Å². The van der Waals surface area contributed by atoms with Crippen molar-refractivity contribution < 1.29 is 9.53 Å². The van der Waals surface area contributed by atoms with Gasteiger partial charge in [0.15, 0.2) is 0 Å². The first-order valence-electron chi connectivity index (χ1n) is 5.29. The number of rotatable bonds is 7. The first kappa shape index (κ1) is 13.4. The van der Waals surface area contributed by atoms with Crippen LogP contribution in [0.25, 0.3) is 0 Å². The summed E-state index contributed by atoms with van der Waals surface area (Å²) in [5, 5.41) is 0. The molecular formula is C12H22O2. The highest BCUT2D eigenvalue weighted by Gasteiger charge is 2.20. The predicted molar refractivity (Wildman–Crippen MR) is 59.3 cm³/mol. The van der Waals surface area contributed by atoms with Crippen molar-refractivity contribution in [2.45, 2.75) is 46.1 Å². The van der Waals surface area contributed by atoms with Gasteiger partial charge in [-0.15, -0.1) is 6.58 Å². The lowest BCUT2D eigenvalue weighted by Gasteiger charge is -2.26. The second kappa shape index (κ2) is 5.97. The molecule has 2 nitrogen and oxygen atoms in total. The van der Waals surface area contributed by atoms with E-state index < -0.39 is 0 Å². The molecule has 0 heterocycles. The van der Waals surface area contributed by atoms with Gasteiger partial charge < -0.3 is 4.74 Å². The van der Waals surface area contributed by atoms with Crippen LogP contribution < -0.4 is 0 Å². The zero-order valence-electron chi connectivity index (χ0n) is 9.80. The molecule has 0 spiro atoms. The number of carbonyl (C=O) groups excluding carboxylic acids is 1. The first-order valence-corrected chi connectivity index (χ1v) is 5.29. The van der Waals surface area contributed by atoms with Crippen LogP contribution in [0.4, 0.5) is 0 Å². The van der Waals surface area contributed by atoms with Crippen molar-refractivity contribution >= 4 is 5.78 Å². The van der Waals surface area contributed by atoms with Gasteiger partial charge in [0.05, 0.1) is 12.2 Å². The van der Waals surface area contributed by atoms with Gasteiger partial charge in [0.1, 0.15) is 5.78 Å². The molecule has 0 aliphatic heterocycles. The lowest BCUT2D eigenvalue weighted by Crippen LogP contribution is -2.29.